The fourth-order valence-corrected chi connectivity index (χ4v) is 9.78. The van der Waals surface area contributed by atoms with Gasteiger partial charge in [-0.1, -0.05) is 70.0 Å². The molecule has 2 saturated carbocycles. The minimum Gasteiger partial charge on any atom is -0.485 e. The van der Waals surface area contributed by atoms with Crippen molar-refractivity contribution in [3.05, 3.63) is 59.2 Å². The van der Waals surface area contributed by atoms with Gasteiger partial charge in [0.1, 0.15) is 18.3 Å². The van der Waals surface area contributed by atoms with Gasteiger partial charge in [0.2, 0.25) is 0 Å². The van der Waals surface area contributed by atoms with Crippen LogP contribution < -0.4 is 9.47 Å². The molecule has 2 aliphatic heterocycles. The van der Waals surface area contributed by atoms with E-state index in [1.165, 1.54) is 24.0 Å². The largest absolute Gasteiger partial charge is 0.485 e. The lowest BCUT2D eigenvalue weighted by Gasteiger charge is -2.70. The number of methoxy groups -OCH3 is 1. The van der Waals surface area contributed by atoms with E-state index in [9.17, 15) is 5.11 Å². The molecule has 5 nitrogen and oxygen atoms in total. The molecule has 2 heterocycles. The van der Waals surface area contributed by atoms with E-state index >= 15 is 0 Å². The summed E-state index contributed by atoms with van der Waals surface area (Å²) in [6.07, 6.45) is 12.4. The molecule has 2 aromatic carbocycles. The highest BCUT2D eigenvalue weighted by molar-refractivity contribution is 5.64. The summed E-state index contributed by atoms with van der Waals surface area (Å²) in [5.74, 6) is 5.70. The topological polar surface area (TPSA) is 51.2 Å². The van der Waals surface area contributed by atoms with Gasteiger partial charge in [-0.3, -0.25) is 4.90 Å². The molecule has 2 aromatic rings. The van der Waals surface area contributed by atoms with Crippen LogP contribution in [0, 0.1) is 35.0 Å². The smallest absolute Gasteiger partial charge is 0.166 e. The number of terminal acetylenes is 1. The lowest BCUT2D eigenvalue weighted by molar-refractivity contribution is -0.270. The zero-order chi connectivity index (χ0) is 30.4. The maximum atomic E-state index is 12.6. The standard InChI is InChI=1S/C38H49NO4/c1-8-36-22-29(35(6,40)34(3,4)5)38(9-2,41-7)33-37(36)19-20-39(23-25-15-16-25)30(36)21-27-17-18-28(32(43-33)31(27)37)42-24-26-13-11-10-12-14-26/h1,10-14,17-18,25,29-30,33,40H,9,15-16,19-24H2,2-7H3/t29-,30-,33-,35-,36-,37+,38+/m0/s1. The predicted octanol–water partition coefficient (Wildman–Crippen LogP) is 6.54. The highest BCUT2D eigenvalue weighted by atomic mass is 16.6. The maximum Gasteiger partial charge on any atom is 0.166 e. The lowest BCUT2D eigenvalue weighted by Crippen LogP contribution is -2.79. The number of hydrogen-bond acceptors (Lipinski definition) is 5. The Hall–Kier alpha value is -2.52. The number of piperidine rings is 1. The molecule has 0 amide bonds. The molecule has 7 rings (SSSR count). The minimum atomic E-state index is -1.05. The van der Waals surface area contributed by atoms with Gasteiger partial charge in [0.05, 0.1) is 16.4 Å². The summed E-state index contributed by atoms with van der Waals surface area (Å²) < 4.78 is 20.6. The Morgan fingerprint density at radius 3 is 2.49 bits per heavy atom. The van der Waals surface area contributed by atoms with Crippen LogP contribution in [0.3, 0.4) is 0 Å². The van der Waals surface area contributed by atoms with Crippen LogP contribution in [0.25, 0.3) is 0 Å². The first kappa shape index (κ1) is 29.2. The van der Waals surface area contributed by atoms with Gasteiger partial charge in [0, 0.05) is 31.2 Å². The zero-order valence-corrected chi connectivity index (χ0v) is 26.9. The molecule has 0 radical (unpaired) electrons. The molecule has 1 saturated heterocycles. The van der Waals surface area contributed by atoms with Gasteiger partial charge >= 0.3 is 0 Å². The molecule has 7 atom stereocenters. The molecular weight excluding hydrogens is 534 g/mol. The number of rotatable bonds is 8. The normalized spacial score (nSPS) is 35.8. The van der Waals surface area contributed by atoms with Crippen LogP contribution in [0.4, 0.5) is 0 Å². The molecule has 43 heavy (non-hydrogen) atoms. The van der Waals surface area contributed by atoms with Gasteiger partial charge in [-0.25, -0.2) is 0 Å². The van der Waals surface area contributed by atoms with Crippen molar-refractivity contribution in [1.29, 1.82) is 0 Å². The third-order valence-electron chi connectivity index (χ3n) is 12.7. The molecule has 1 spiro atoms. The van der Waals surface area contributed by atoms with Crippen molar-refractivity contribution in [2.24, 2.45) is 22.7 Å². The van der Waals surface area contributed by atoms with Crippen LogP contribution in [0.5, 0.6) is 11.5 Å². The Morgan fingerprint density at radius 1 is 1.12 bits per heavy atom. The Kier molecular flexibility index (Phi) is 6.61. The van der Waals surface area contributed by atoms with Crippen molar-refractivity contribution in [2.45, 2.75) is 109 Å². The van der Waals surface area contributed by atoms with Crippen LogP contribution >= 0.6 is 0 Å². The summed E-state index contributed by atoms with van der Waals surface area (Å²) >= 11 is 0. The fraction of sp³-hybridized carbons (Fsp3) is 0.632. The first-order chi connectivity index (χ1) is 20.5. The Bertz CT molecular complexity index is 1430. The first-order valence-electron chi connectivity index (χ1n) is 16.5. The van der Waals surface area contributed by atoms with E-state index in [2.05, 4.69) is 62.8 Å². The minimum absolute atomic E-state index is 0.192. The van der Waals surface area contributed by atoms with E-state index in [0.29, 0.717) is 19.4 Å². The van der Waals surface area contributed by atoms with E-state index in [0.717, 1.165) is 48.9 Å². The fourth-order valence-electron chi connectivity index (χ4n) is 9.78. The van der Waals surface area contributed by atoms with Crippen LogP contribution in [0.15, 0.2) is 42.5 Å². The second-order valence-corrected chi connectivity index (χ2v) is 15.4. The van der Waals surface area contributed by atoms with Gasteiger partial charge in [-0.05, 0) is 80.5 Å². The van der Waals surface area contributed by atoms with Crippen molar-refractivity contribution in [3.8, 4) is 23.8 Å². The van der Waals surface area contributed by atoms with Crippen molar-refractivity contribution in [2.75, 3.05) is 20.2 Å². The summed E-state index contributed by atoms with van der Waals surface area (Å²) in [7, 11) is 1.82. The Labute approximate surface area is 258 Å². The lowest BCUT2D eigenvalue weighted by atomic mass is 9.38. The molecular formula is C38H49NO4. The number of aliphatic hydroxyl groups is 1. The highest BCUT2D eigenvalue weighted by Gasteiger charge is 2.79. The van der Waals surface area contributed by atoms with Crippen LogP contribution in [-0.4, -0.2) is 53.6 Å². The predicted molar refractivity (Wildman–Crippen MR) is 169 cm³/mol. The van der Waals surface area contributed by atoms with Gasteiger partial charge in [-0.15, -0.1) is 6.42 Å². The highest BCUT2D eigenvalue weighted by Crippen LogP contribution is 2.73. The van der Waals surface area contributed by atoms with E-state index in [-0.39, 0.29) is 18.1 Å². The Morgan fingerprint density at radius 2 is 1.86 bits per heavy atom. The van der Waals surface area contributed by atoms with Gasteiger partial charge in [-0.2, -0.15) is 0 Å². The Balaban J connectivity index is 1.44. The van der Waals surface area contributed by atoms with Crippen molar-refractivity contribution in [1.82, 2.24) is 4.90 Å². The van der Waals surface area contributed by atoms with Gasteiger partial charge in [0.15, 0.2) is 11.5 Å². The molecule has 2 bridgehead atoms. The summed E-state index contributed by atoms with van der Waals surface area (Å²) in [6, 6.07) is 14.9. The maximum absolute atomic E-state index is 12.6. The van der Waals surface area contributed by atoms with Crippen LogP contribution in [0.1, 0.15) is 83.4 Å². The van der Waals surface area contributed by atoms with Crippen LogP contribution in [0.2, 0.25) is 0 Å². The summed E-state index contributed by atoms with van der Waals surface area (Å²) in [5.41, 5.74) is 0.615. The average Bonchev–Trinajstić information content (AvgIpc) is 3.74. The quantitative estimate of drug-likeness (QED) is 0.358. The SMILES string of the molecule is C#C[C@@]12C[C@@H]([C@](C)(O)C(C)(C)C)[C@@](CC)(OC)[C@H]3Oc4c(OCc5ccccc5)ccc5c4[C@]31CCN(CC1CC1)[C@H]2C5. The number of benzene rings is 2. The molecule has 0 unspecified atom stereocenters. The monoisotopic (exact) mass is 583 g/mol. The zero-order valence-electron chi connectivity index (χ0n) is 26.9. The summed E-state index contributed by atoms with van der Waals surface area (Å²) in [5, 5.41) is 12.6. The number of hydrogen-bond donors (Lipinski definition) is 1. The van der Waals surface area contributed by atoms with E-state index in [1.54, 1.807) is 0 Å². The van der Waals surface area contributed by atoms with Crippen LogP contribution in [-0.2, 0) is 23.2 Å². The second-order valence-electron chi connectivity index (χ2n) is 15.4. The molecule has 3 aliphatic carbocycles. The summed E-state index contributed by atoms with van der Waals surface area (Å²) in [6.45, 7) is 13.2. The third kappa shape index (κ3) is 3.82. The molecule has 0 aromatic heterocycles. The number of ether oxygens (including phenoxy) is 3. The van der Waals surface area contributed by atoms with Gasteiger partial charge < -0.3 is 19.3 Å². The first-order valence-corrected chi connectivity index (χ1v) is 16.5. The molecule has 3 fully saturated rings. The van der Waals surface area contributed by atoms with E-state index in [4.69, 9.17) is 20.6 Å². The van der Waals surface area contributed by atoms with E-state index in [1.807, 2.05) is 32.2 Å². The van der Waals surface area contributed by atoms with Crippen molar-refractivity contribution < 1.29 is 19.3 Å². The van der Waals surface area contributed by atoms with Crippen molar-refractivity contribution >= 4 is 0 Å². The number of nitrogens with zero attached hydrogens (tertiary/aromatic N) is 1. The molecule has 1 N–H and O–H groups in total. The van der Waals surface area contributed by atoms with E-state index < -0.39 is 27.4 Å². The summed E-state index contributed by atoms with van der Waals surface area (Å²) in [4.78, 5) is 2.72. The number of likely N-dealkylation sites (tertiary alicyclic amines) is 1. The average molecular weight is 584 g/mol. The third-order valence-corrected chi connectivity index (χ3v) is 12.7. The van der Waals surface area contributed by atoms with Gasteiger partial charge in [0.25, 0.3) is 0 Å². The molecule has 230 valence electrons. The van der Waals surface area contributed by atoms with Crippen molar-refractivity contribution in [3.63, 3.8) is 0 Å². The second kappa shape index (κ2) is 9.74. The molecule has 5 aliphatic rings. The molecule has 5 heteroatoms.